The summed E-state index contributed by atoms with van der Waals surface area (Å²) in [6, 6.07) is 80.7. The lowest BCUT2D eigenvalue weighted by atomic mass is 9.33. The Hall–Kier alpha value is -9.05. The zero-order chi connectivity index (χ0) is 51.5. The first-order chi connectivity index (χ1) is 37.2. The Morgan fingerprint density at radius 3 is 1.30 bits per heavy atom. The molecule has 76 heavy (non-hydrogen) atoms. The fourth-order valence-electron chi connectivity index (χ4n) is 13.1. The molecule has 0 amide bonds. The minimum atomic E-state index is -0.00677. The van der Waals surface area contributed by atoms with E-state index >= 15 is 0 Å². The number of hydrogen-bond acceptors (Lipinski definition) is 2. The molecule has 6 heteroatoms. The molecule has 0 atom stereocenters. The van der Waals surface area contributed by atoms with Gasteiger partial charge >= 0.3 is 0 Å². The largest absolute Gasteiger partial charge is 0.311 e. The third-order valence-corrected chi connectivity index (χ3v) is 16.4. The summed E-state index contributed by atoms with van der Waals surface area (Å²) in [5, 5.41) is 17.1. The van der Waals surface area contributed by atoms with Crippen LogP contribution in [0.5, 0.6) is 0 Å². The molecule has 0 bridgehead atoms. The third-order valence-electron chi connectivity index (χ3n) is 16.4. The molecule has 0 spiro atoms. The van der Waals surface area contributed by atoms with Crippen molar-refractivity contribution in [3.05, 3.63) is 235 Å². The van der Waals surface area contributed by atoms with Gasteiger partial charge in [-0.15, -0.1) is 0 Å². The van der Waals surface area contributed by atoms with Crippen LogP contribution in [0.4, 0.5) is 17.1 Å². The van der Waals surface area contributed by atoms with Crippen LogP contribution in [0.15, 0.2) is 212 Å². The summed E-state index contributed by atoms with van der Waals surface area (Å²) < 4.78 is 7.52. The number of hydrogen-bond donors (Lipinski definition) is 0. The number of anilines is 3. The minimum absolute atomic E-state index is 0.00677. The average molecular weight is 978 g/mol. The maximum Gasteiger partial charge on any atom is 0.247 e. The van der Waals surface area contributed by atoms with Gasteiger partial charge in [0, 0.05) is 66.4 Å². The van der Waals surface area contributed by atoms with Crippen molar-refractivity contribution in [2.45, 2.75) is 59.3 Å². The number of aromatic nitrogens is 3. The second-order valence-electron chi connectivity index (χ2n) is 21.7. The lowest BCUT2D eigenvalue weighted by molar-refractivity contribution is 0.812. The monoisotopic (exact) mass is 977 g/mol. The van der Waals surface area contributed by atoms with E-state index in [4.69, 9.17) is 0 Å². The van der Waals surface area contributed by atoms with Gasteiger partial charge in [-0.3, -0.25) is 0 Å². The molecule has 13 aromatic rings. The van der Waals surface area contributed by atoms with E-state index in [9.17, 15) is 5.26 Å². The molecule has 3 aromatic heterocycles. The summed E-state index contributed by atoms with van der Waals surface area (Å²) >= 11 is 0. The lowest BCUT2D eigenvalue weighted by Crippen LogP contribution is -2.59. The highest BCUT2D eigenvalue weighted by molar-refractivity contribution is 6.98. The highest BCUT2D eigenvalue weighted by Gasteiger charge is 2.39. The van der Waals surface area contributed by atoms with Gasteiger partial charge < -0.3 is 18.6 Å². The summed E-state index contributed by atoms with van der Waals surface area (Å²) in [6.07, 6.45) is 0. The van der Waals surface area contributed by atoms with Gasteiger partial charge in [-0.1, -0.05) is 174 Å². The molecule has 0 aliphatic carbocycles. The van der Waals surface area contributed by atoms with Crippen LogP contribution in [0.1, 0.15) is 81.5 Å². The van der Waals surface area contributed by atoms with E-state index in [-0.39, 0.29) is 6.71 Å². The number of fused-ring (bicyclic) bond motifs is 14. The van der Waals surface area contributed by atoms with Crippen LogP contribution in [0.25, 0.3) is 82.5 Å². The Morgan fingerprint density at radius 2 is 0.803 bits per heavy atom. The fourth-order valence-corrected chi connectivity index (χ4v) is 13.1. The Balaban J connectivity index is 1.17. The summed E-state index contributed by atoms with van der Waals surface area (Å²) in [4.78, 5) is 2.52. The molecule has 1 aliphatic rings. The van der Waals surface area contributed by atoms with Gasteiger partial charge in [-0.25, -0.2) is 0 Å². The van der Waals surface area contributed by atoms with E-state index < -0.39 is 0 Å². The van der Waals surface area contributed by atoms with E-state index in [1.54, 1.807) is 0 Å². The number of para-hydroxylation sites is 6. The highest BCUT2D eigenvalue weighted by atomic mass is 15.2. The molecule has 364 valence electrons. The topological polar surface area (TPSA) is 41.8 Å². The number of nitrogens with zero attached hydrogens (tertiary/aromatic N) is 5. The van der Waals surface area contributed by atoms with E-state index in [1.807, 2.05) is 12.1 Å². The minimum Gasteiger partial charge on any atom is -0.311 e. The van der Waals surface area contributed by atoms with Crippen LogP contribution in [0, 0.1) is 11.3 Å². The summed E-state index contributed by atoms with van der Waals surface area (Å²) in [5.74, 6) is 1.06. The molecular formula is C70H56BN5. The zero-order valence-electron chi connectivity index (χ0n) is 43.8. The SMILES string of the molecule is CC(C)c1cc(C(C)C)c(B2c3ccccc3N(c3ccccc3)c3cc(-n4c5ccccc5c5c6c(c7ccccc7n6-c6ccc(C#N)cc6)c6c(c7ccccc7n6-c6ccccc6)c54)ccc32)c(C(C)C)c1. The smallest absolute Gasteiger partial charge is 0.247 e. The van der Waals surface area contributed by atoms with Crippen molar-refractivity contribution < 1.29 is 0 Å². The van der Waals surface area contributed by atoms with Crippen molar-refractivity contribution >= 4 is 106 Å². The molecule has 14 rings (SSSR count). The van der Waals surface area contributed by atoms with E-state index in [1.165, 1.54) is 76.8 Å². The molecule has 5 nitrogen and oxygen atoms in total. The van der Waals surface area contributed by atoms with Crippen molar-refractivity contribution in [3.63, 3.8) is 0 Å². The maximum absolute atomic E-state index is 10.0. The first-order valence-corrected chi connectivity index (χ1v) is 26.9. The van der Waals surface area contributed by atoms with Crippen molar-refractivity contribution in [1.29, 1.82) is 5.26 Å². The number of benzene rings is 10. The van der Waals surface area contributed by atoms with Gasteiger partial charge in [0.1, 0.15) is 0 Å². The van der Waals surface area contributed by atoms with Gasteiger partial charge in [-0.2, -0.15) is 5.26 Å². The van der Waals surface area contributed by atoms with Gasteiger partial charge in [0.05, 0.1) is 44.7 Å². The Labute approximate surface area is 444 Å². The molecule has 10 aromatic carbocycles. The first-order valence-electron chi connectivity index (χ1n) is 26.9. The molecule has 0 radical (unpaired) electrons. The summed E-state index contributed by atoms with van der Waals surface area (Å²) in [5.41, 5.74) is 22.5. The van der Waals surface area contributed by atoms with Crippen molar-refractivity contribution in [3.8, 4) is 23.1 Å². The second-order valence-corrected chi connectivity index (χ2v) is 21.7. The van der Waals surface area contributed by atoms with E-state index in [0.29, 0.717) is 23.3 Å². The molecule has 0 fully saturated rings. The van der Waals surface area contributed by atoms with Crippen molar-refractivity contribution in [2.24, 2.45) is 0 Å². The quantitative estimate of drug-likeness (QED) is 0.142. The Morgan fingerprint density at radius 1 is 0.382 bits per heavy atom. The van der Waals surface area contributed by atoms with Crippen molar-refractivity contribution in [1.82, 2.24) is 13.7 Å². The molecule has 0 unspecified atom stereocenters. The fraction of sp³-hybridized carbons (Fsp3) is 0.129. The average Bonchev–Trinajstić information content (AvgIpc) is 4.32. The first kappa shape index (κ1) is 45.6. The van der Waals surface area contributed by atoms with Crippen LogP contribution in [-0.2, 0) is 0 Å². The molecule has 1 aliphatic heterocycles. The normalized spacial score (nSPS) is 12.6. The zero-order valence-corrected chi connectivity index (χ0v) is 43.8. The van der Waals surface area contributed by atoms with Gasteiger partial charge in [0.2, 0.25) is 6.71 Å². The number of nitriles is 1. The van der Waals surface area contributed by atoms with Crippen molar-refractivity contribution in [2.75, 3.05) is 4.90 Å². The molecule has 0 N–H and O–H groups in total. The predicted molar refractivity (Wildman–Crippen MR) is 322 cm³/mol. The molecule has 0 saturated carbocycles. The second kappa shape index (κ2) is 17.5. The van der Waals surface area contributed by atoms with E-state index in [0.717, 1.165) is 55.8 Å². The van der Waals surface area contributed by atoms with Crippen LogP contribution >= 0.6 is 0 Å². The molecular weight excluding hydrogens is 922 g/mol. The Kier molecular flexibility index (Phi) is 10.5. The predicted octanol–water partition coefficient (Wildman–Crippen LogP) is 16.5. The summed E-state index contributed by atoms with van der Waals surface area (Å²) in [7, 11) is 0. The summed E-state index contributed by atoms with van der Waals surface area (Å²) in [6.45, 7) is 14.1. The lowest BCUT2D eigenvalue weighted by Gasteiger charge is -2.39. The van der Waals surface area contributed by atoms with Gasteiger partial charge in [0.25, 0.3) is 0 Å². The van der Waals surface area contributed by atoms with E-state index in [2.05, 4.69) is 266 Å². The van der Waals surface area contributed by atoms with Gasteiger partial charge in [-0.05, 0) is 130 Å². The standard InChI is InChI=1S/C70H56BN5/c1-43(2)47-39-55(44(3)4)67(56(40-47)45(5)6)71-57-28-16-20-32-62(57)73(48-21-9-7-10-22-48)63-41-51(37-38-58(63)71)76-61-31-19-15-27-54(61)66-69-64(53-26-14-18-30-60(53)75(69)50-35-33-46(42-72)34-36-50)68-65(70(66)76)52-25-13-17-29-59(52)74(68)49-23-11-8-12-24-49/h7-41,43-45H,1-6H3. The van der Waals surface area contributed by atoms with Crippen LogP contribution in [0.2, 0.25) is 0 Å². The Bertz CT molecular complexity index is 4480. The maximum atomic E-state index is 10.0. The highest BCUT2D eigenvalue weighted by Crippen LogP contribution is 2.51. The van der Waals surface area contributed by atoms with Gasteiger partial charge in [0.15, 0.2) is 0 Å². The molecule has 0 saturated heterocycles. The third kappa shape index (κ3) is 6.65. The molecule has 4 heterocycles. The van der Waals surface area contributed by atoms with Crippen LogP contribution in [0.3, 0.4) is 0 Å². The van der Waals surface area contributed by atoms with Crippen LogP contribution in [-0.4, -0.2) is 20.4 Å². The van der Waals surface area contributed by atoms with Crippen LogP contribution < -0.4 is 21.3 Å². The number of rotatable bonds is 8.